The molecule has 2 rings (SSSR count). The molecule has 1 amide bonds. The lowest BCUT2D eigenvalue weighted by atomic mass is 10.1. The molecule has 6 heteroatoms. The molecule has 22 heavy (non-hydrogen) atoms. The fraction of sp³-hybridized carbons (Fsp3) is 0.188. The summed E-state index contributed by atoms with van der Waals surface area (Å²) >= 11 is 5.83. The lowest BCUT2D eigenvalue weighted by molar-refractivity contribution is 0.0948. The SMILES string of the molecule is COc1ccc(CNC(=O)c2cc(Cl)ccc2O)cc1OC. The monoisotopic (exact) mass is 321 g/mol. The fourth-order valence-electron chi connectivity index (χ4n) is 1.96. The van der Waals surface area contributed by atoms with Crippen LogP contribution in [0.4, 0.5) is 0 Å². The summed E-state index contributed by atoms with van der Waals surface area (Å²) < 4.78 is 10.4. The highest BCUT2D eigenvalue weighted by Crippen LogP contribution is 2.27. The zero-order chi connectivity index (χ0) is 16.1. The zero-order valence-electron chi connectivity index (χ0n) is 12.2. The highest BCUT2D eigenvalue weighted by molar-refractivity contribution is 6.31. The van der Waals surface area contributed by atoms with E-state index in [0.717, 1.165) is 5.56 Å². The number of amides is 1. The van der Waals surface area contributed by atoms with Gasteiger partial charge in [-0.1, -0.05) is 17.7 Å². The summed E-state index contributed by atoms with van der Waals surface area (Å²) in [6.07, 6.45) is 0. The molecule has 0 heterocycles. The first kappa shape index (κ1) is 16.0. The van der Waals surface area contributed by atoms with Crippen molar-refractivity contribution in [3.05, 3.63) is 52.5 Å². The van der Waals surface area contributed by atoms with E-state index in [1.54, 1.807) is 26.4 Å². The Morgan fingerprint density at radius 2 is 1.86 bits per heavy atom. The molecule has 5 nitrogen and oxygen atoms in total. The molecule has 2 aromatic carbocycles. The van der Waals surface area contributed by atoms with E-state index in [1.165, 1.54) is 18.2 Å². The number of nitrogens with one attached hydrogen (secondary N) is 1. The quantitative estimate of drug-likeness (QED) is 0.888. The van der Waals surface area contributed by atoms with Gasteiger partial charge in [0, 0.05) is 11.6 Å². The standard InChI is InChI=1S/C16H16ClNO4/c1-21-14-6-3-10(7-15(14)22-2)9-18-16(20)12-8-11(17)4-5-13(12)19/h3-8,19H,9H2,1-2H3,(H,18,20). The minimum atomic E-state index is -0.408. The Labute approximate surface area is 133 Å². The number of carbonyl (C=O) groups is 1. The van der Waals surface area contributed by atoms with Gasteiger partial charge in [-0.15, -0.1) is 0 Å². The number of ether oxygens (including phenoxy) is 2. The number of halogens is 1. The van der Waals surface area contributed by atoms with Crippen LogP contribution in [0.15, 0.2) is 36.4 Å². The number of aromatic hydroxyl groups is 1. The first-order valence-corrected chi connectivity index (χ1v) is 6.90. The molecule has 0 aliphatic heterocycles. The zero-order valence-corrected chi connectivity index (χ0v) is 13.0. The predicted octanol–water partition coefficient (Wildman–Crippen LogP) is 2.99. The number of phenols is 1. The van der Waals surface area contributed by atoms with E-state index in [9.17, 15) is 9.90 Å². The smallest absolute Gasteiger partial charge is 0.255 e. The summed E-state index contributed by atoms with van der Waals surface area (Å²) in [6, 6.07) is 9.67. The van der Waals surface area contributed by atoms with Crippen LogP contribution in [-0.4, -0.2) is 25.2 Å². The fourth-order valence-corrected chi connectivity index (χ4v) is 2.13. The highest BCUT2D eigenvalue weighted by Gasteiger charge is 2.12. The average molecular weight is 322 g/mol. The van der Waals surface area contributed by atoms with Crippen molar-refractivity contribution in [2.24, 2.45) is 0 Å². The first-order chi connectivity index (χ1) is 10.5. The molecule has 2 N–H and O–H groups in total. The first-order valence-electron chi connectivity index (χ1n) is 6.52. The molecule has 0 unspecified atom stereocenters. The van der Waals surface area contributed by atoms with Gasteiger partial charge in [0.15, 0.2) is 11.5 Å². The lowest BCUT2D eigenvalue weighted by Crippen LogP contribution is -2.22. The van der Waals surface area contributed by atoms with Crippen molar-refractivity contribution in [3.63, 3.8) is 0 Å². The summed E-state index contributed by atoms with van der Waals surface area (Å²) in [6.45, 7) is 0.283. The second-order valence-electron chi connectivity index (χ2n) is 4.53. The van der Waals surface area contributed by atoms with E-state index in [-0.39, 0.29) is 17.9 Å². The second-order valence-corrected chi connectivity index (χ2v) is 4.97. The molecule has 0 aliphatic rings. The third-order valence-electron chi connectivity index (χ3n) is 3.10. The minimum absolute atomic E-state index is 0.116. The largest absolute Gasteiger partial charge is 0.507 e. The van der Waals surface area contributed by atoms with Crippen LogP contribution in [0.2, 0.25) is 5.02 Å². The Bertz CT molecular complexity index is 688. The predicted molar refractivity (Wildman–Crippen MR) is 83.8 cm³/mol. The van der Waals surface area contributed by atoms with Crippen LogP contribution in [0, 0.1) is 0 Å². The Morgan fingerprint density at radius 3 is 2.55 bits per heavy atom. The van der Waals surface area contributed by atoms with Gasteiger partial charge in [0.05, 0.1) is 19.8 Å². The summed E-state index contributed by atoms with van der Waals surface area (Å²) in [5, 5.41) is 12.8. The molecule has 0 aromatic heterocycles. The van der Waals surface area contributed by atoms with E-state index in [2.05, 4.69) is 5.32 Å². The normalized spacial score (nSPS) is 10.1. The number of rotatable bonds is 5. The van der Waals surface area contributed by atoms with Crippen LogP contribution in [0.1, 0.15) is 15.9 Å². The van der Waals surface area contributed by atoms with Gasteiger partial charge in [0.25, 0.3) is 5.91 Å². The summed E-state index contributed by atoms with van der Waals surface area (Å²) in [5.74, 6) is 0.675. The molecule has 0 saturated heterocycles. The van der Waals surface area contributed by atoms with Crippen molar-refractivity contribution in [2.75, 3.05) is 14.2 Å². The number of benzene rings is 2. The molecule has 0 aliphatic carbocycles. The van der Waals surface area contributed by atoms with Crippen molar-refractivity contribution < 1.29 is 19.4 Å². The molecule has 0 fully saturated rings. The van der Waals surface area contributed by atoms with Crippen LogP contribution in [-0.2, 0) is 6.54 Å². The Balaban J connectivity index is 2.09. The molecule has 0 bridgehead atoms. The average Bonchev–Trinajstić information content (AvgIpc) is 2.54. The van der Waals surface area contributed by atoms with Gasteiger partial charge in [0.1, 0.15) is 5.75 Å². The van der Waals surface area contributed by atoms with Crippen molar-refractivity contribution in [2.45, 2.75) is 6.54 Å². The highest BCUT2D eigenvalue weighted by atomic mass is 35.5. The maximum atomic E-state index is 12.1. The van der Waals surface area contributed by atoms with E-state index in [1.807, 2.05) is 6.07 Å². The van der Waals surface area contributed by atoms with Crippen LogP contribution in [0.5, 0.6) is 17.2 Å². The van der Waals surface area contributed by atoms with Crippen molar-refractivity contribution in [3.8, 4) is 17.2 Å². The Hall–Kier alpha value is -2.40. The van der Waals surface area contributed by atoms with Gasteiger partial charge in [-0.25, -0.2) is 0 Å². The second kappa shape index (κ2) is 7.04. The molecular formula is C16H16ClNO4. The number of hydrogen-bond donors (Lipinski definition) is 2. The van der Waals surface area contributed by atoms with Crippen LogP contribution >= 0.6 is 11.6 Å². The minimum Gasteiger partial charge on any atom is -0.507 e. The summed E-state index contributed by atoms with van der Waals surface area (Å²) in [4.78, 5) is 12.1. The van der Waals surface area contributed by atoms with Crippen LogP contribution in [0.3, 0.4) is 0 Å². The van der Waals surface area contributed by atoms with Gasteiger partial charge in [-0.05, 0) is 35.9 Å². The van der Waals surface area contributed by atoms with E-state index in [0.29, 0.717) is 16.5 Å². The van der Waals surface area contributed by atoms with E-state index < -0.39 is 5.91 Å². The molecule has 116 valence electrons. The van der Waals surface area contributed by atoms with E-state index in [4.69, 9.17) is 21.1 Å². The van der Waals surface area contributed by atoms with Gasteiger partial charge in [-0.3, -0.25) is 4.79 Å². The molecular weight excluding hydrogens is 306 g/mol. The third-order valence-corrected chi connectivity index (χ3v) is 3.34. The van der Waals surface area contributed by atoms with Crippen molar-refractivity contribution in [1.82, 2.24) is 5.32 Å². The Kier molecular flexibility index (Phi) is 5.12. The number of carbonyl (C=O) groups excluding carboxylic acids is 1. The number of phenolic OH excluding ortho intramolecular Hbond substituents is 1. The van der Waals surface area contributed by atoms with Gasteiger partial charge in [0.2, 0.25) is 0 Å². The van der Waals surface area contributed by atoms with Crippen LogP contribution < -0.4 is 14.8 Å². The lowest BCUT2D eigenvalue weighted by Gasteiger charge is -2.11. The summed E-state index contributed by atoms with van der Waals surface area (Å²) in [7, 11) is 3.10. The van der Waals surface area contributed by atoms with Crippen molar-refractivity contribution in [1.29, 1.82) is 0 Å². The molecule has 2 aromatic rings. The number of methoxy groups -OCH3 is 2. The van der Waals surface area contributed by atoms with Crippen LogP contribution in [0.25, 0.3) is 0 Å². The van der Waals surface area contributed by atoms with Gasteiger partial charge >= 0.3 is 0 Å². The van der Waals surface area contributed by atoms with Crippen molar-refractivity contribution >= 4 is 17.5 Å². The Morgan fingerprint density at radius 1 is 1.14 bits per heavy atom. The van der Waals surface area contributed by atoms with E-state index >= 15 is 0 Å². The molecule has 0 saturated carbocycles. The summed E-state index contributed by atoms with van der Waals surface area (Å²) in [5.41, 5.74) is 0.973. The molecule has 0 radical (unpaired) electrons. The number of hydrogen-bond acceptors (Lipinski definition) is 4. The van der Waals surface area contributed by atoms with Gasteiger partial charge < -0.3 is 19.9 Å². The maximum Gasteiger partial charge on any atom is 0.255 e. The molecule has 0 atom stereocenters. The topological polar surface area (TPSA) is 67.8 Å². The third kappa shape index (κ3) is 3.62. The van der Waals surface area contributed by atoms with Gasteiger partial charge in [-0.2, -0.15) is 0 Å². The molecule has 0 spiro atoms. The maximum absolute atomic E-state index is 12.1.